The Labute approximate surface area is 162 Å². The maximum atomic E-state index is 14.2. The summed E-state index contributed by atoms with van der Waals surface area (Å²) in [4.78, 5) is 0. The zero-order chi connectivity index (χ0) is 18.8. The van der Waals surface area contributed by atoms with Gasteiger partial charge in [0.1, 0.15) is 0 Å². The monoisotopic (exact) mass is 376 g/mol. The van der Waals surface area contributed by atoms with Crippen molar-refractivity contribution in [3.63, 3.8) is 0 Å². The van der Waals surface area contributed by atoms with Crippen LogP contribution >= 0.6 is 0 Å². The van der Waals surface area contributed by atoms with Crippen LogP contribution in [0.2, 0.25) is 0 Å². The number of hydrogen-bond acceptors (Lipinski definition) is 1. The Morgan fingerprint density at radius 1 is 0.704 bits per heavy atom. The molecule has 1 nitrogen and oxygen atoms in total. The Morgan fingerprint density at radius 3 is 1.89 bits per heavy atom. The quantitative estimate of drug-likeness (QED) is 0.583. The number of hydrogen-bond donors (Lipinski definition) is 1. The SMILES string of the molecule is Oc1ccc(C2CCC(C3CCC(CC4CCCC4)CC3)CC2)c(F)c1F. The van der Waals surface area contributed by atoms with E-state index in [1.807, 2.05) is 0 Å². The van der Waals surface area contributed by atoms with Crippen LogP contribution < -0.4 is 0 Å². The zero-order valence-corrected chi connectivity index (χ0v) is 16.4. The highest BCUT2D eigenvalue weighted by Gasteiger charge is 2.33. The maximum Gasteiger partial charge on any atom is 0.200 e. The summed E-state index contributed by atoms with van der Waals surface area (Å²) in [5.41, 5.74) is 0.462. The highest BCUT2D eigenvalue weighted by atomic mass is 19.2. The Bertz CT molecular complexity index is 622. The predicted octanol–water partition coefficient (Wildman–Crippen LogP) is 7.33. The van der Waals surface area contributed by atoms with Gasteiger partial charge in [0, 0.05) is 0 Å². The van der Waals surface area contributed by atoms with E-state index in [0.29, 0.717) is 5.56 Å². The second-order valence-corrected chi connectivity index (χ2v) is 9.58. The Hall–Kier alpha value is -1.12. The van der Waals surface area contributed by atoms with Crippen LogP contribution in [-0.4, -0.2) is 5.11 Å². The first-order chi connectivity index (χ1) is 13.1. The third kappa shape index (κ3) is 4.32. The summed E-state index contributed by atoms with van der Waals surface area (Å²) < 4.78 is 27.8. The molecule has 0 saturated heterocycles. The molecule has 0 atom stereocenters. The van der Waals surface area contributed by atoms with Gasteiger partial charge >= 0.3 is 0 Å². The van der Waals surface area contributed by atoms with E-state index in [0.717, 1.165) is 49.4 Å². The van der Waals surface area contributed by atoms with Gasteiger partial charge in [-0.3, -0.25) is 0 Å². The number of benzene rings is 1. The summed E-state index contributed by atoms with van der Waals surface area (Å²) in [5, 5.41) is 9.33. The normalized spacial score (nSPS) is 32.7. The van der Waals surface area contributed by atoms with Crippen LogP contribution in [0.15, 0.2) is 12.1 Å². The first kappa shape index (κ1) is 19.2. The summed E-state index contributed by atoms with van der Waals surface area (Å²) >= 11 is 0. The molecule has 4 rings (SSSR count). The molecule has 0 unspecified atom stereocenters. The molecule has 0 aliphatic heterocycles. The van der Waals surface area contributed by atoms with Crippen LogP contribution in [0.25, 0.3) is 0 Å². The van der Waals surface area contributed by atoms with Crippen LogP contribution in [0.5, 0.6) is 5.75 Å². The lowest BCUT2D eigenvalue weighted by atomic mass is 9.67. The standard InChI is InChI=1S/C24H34F2O/c25-23-21(13-14-22(27)24(23)26)20-11-9-19(10-12-20)18-7-5-17(6-8-18)15-16-3-1-2-4-16/h13-14,16-20,27H,1-12,15H2. The van der Waals surface area contributed by atoms with Crippen molar-refractivity contribution in [3.8, 4) is 5.75 Å². The molecule has 0 amide bonds. The van der Waals surface area contributed by atoms with E-state index in [9.17, 15) is 13.9 Å². The fourth-order valence-electron chi connectivity index (χ4n) is 6.38. The Kier molecular flexibility index (Phi) is 6.04. The van der Waals surface area contributed by atoms with Crippen molar-refractivity contribution in [2.75, 3.05) is 0 Å². The fourth-order valence-corrected chi connectivity index (χ4v) is 6.38. The van der Waals surface area contributed by atoms with Crippen molar-refractivity contribution in [2.24, 2.45) is 23.7 Å². The lowest BCUT2D eigenvalue weighted by molar-refractivity contribution is 0.148. The minimum atomic E-state index is -1.09. The highest BCUT2D eigenvalue weighted by molar-refractivity contribution is 5.32. The van der Waals surface area contributed by atoms with Gasteiger partial charge in [0.15, 0.2) is 11.6 Å². The minimum absolute atomic E-state index is 0.107. The van der Waals surface area contributed by atoms with Crippen LogP contribution in [0.4, 0.5) is 8.78 Å². The molecule has 0 bridgehead atoms. The minimum Gasteiger partial charge on any atom is -0.505 e. The molecule has 0 aromatic heterocycles. The Balaban J connectivity index is 1.26. The molecule has 3 saturated carbocycles. The molecule has 0 heterocycles. The second-order valence-electron chi connectivity index (χ2n) is 9.58. The van der Waals surface area contributed by atoms with E-state index < -0.39 is 17.4 Å². The van der Waals surface area contributed by atoms with Crippen LogP contribution in [0, 0.1) is 35.3 Å². The molecular formula is C24H34F2O. The molecule has 3 heteroatoms. The average molecular weight is 377 g/mol. The lowest BCUT2D eigenvalue weighted by Gasteiger charge is -2.38. The summed E-state index contributed by atoms with van der Waals surface area (Å²) in [6, 6.07) is 2.87. The van der Waals surface area contributed by atoms with Gasteiger partial charge in [-0.25, -0.2) is 4.39 Å². The first-order valence-corrected chi connectivity index (χ1v) is 11.3. The van der Waals surface area contributed by atoms with E-state index >= 15 is 0 Å². The molecular weight excluding hydrogens is 342 g/mol. The molecule has 3 fully saturated rings. The molecule has 27 heavy (non-hydrogen) atoms. The van der Waals surface area contributed by atoms with E-state index in [1.54, 1.807) is 6.07 Å². The molecule has 150 valence electrons. The van der Waals surface area contributed by atoms with E-state index in [4.69, 9.17) is 0 Å². The number of rotatable bonds is 4. The summed E-state index contributed by atoms with van der Waals surface area (Å²) in [6.07, 6.45) is 17.1. The second kappa shape index (κ2) is 8.49. The largest absolute Gasteiger partial charge is 0.505 e. The first-order valence-electron chi connectivity index (χ1n) is 11.3. The molecule has 1 N–H and O–H groups in total. The number of phenolic OH excluding ortho intramolecular Hbond substituents is 1. The molecule has 3 aliphatic carbocycles. The molecule has 0 spiro atoms. The van der Waals surface area contributed by atoms with E-state index in [2.05, 4.69) is 0 Å². The van der Waals surface area contributed by atoms with Crippen molar-refractivity contribution >= 4 is 0 Å². The van der Waals surface area contributed by atoms with Gasteiger partial charge in [-0.1, -0.05) is 44.6 Å². The third-order valence-corrected chi connectivity index (χ3v) is 8.00. The number of halogens is 2. The molecule has 1 aromatic carbocycles. The lowest BCUT2D eigenvalue weighted by Crippen LogP contribution is -2.26. The smallest absolute Gasteiger partial charge is 0.200 e. The fraction of sp³-hybridized carbons (Fsp3) is 0.750. The van der Waals surface area contributed by atoms with Crippen LogP contribution in [0.3, 0.4) is 0 Å². The average Bonchev–Trinajstić information content (AvgIpc) is 3.20. The van der Waals surface area contributed by atoms with Crippen molar-refractivity contribution in [1.82, 2.24) is 0 Å². The zero-order valence-electron chi connectivity index (χ0n) is 16.4. The van der Waals surface area contributed by atoms with Gasteiger partial charge in [0.05, 0.1) is 0 Å². The van der Waals surface area contributed by atoms with Gasteiger partial charge in [-0.15, -0.1) is 0 Å². The highest BCUT2D eigenvalue weighted by Crippen LogP contribution is 2.46. The van der Waals surface area contributed by atoms with E-state index in [1.165, 1.54) is 63.9 Å². The topological polar surface area (TPSA) is 20.2 Å². The summed E-state index contributed by atoms with van der Waals surface area (Å²) in [5.74, 6) is 1.21. The van der Waals surface area contributed by atoms with Crippen molar-refractivity contribution in [2.45, 2.75) is 89.4 Å². The van der Waals surface area contributed by atoms with Crippen LogP contribution in [-0.2, 0) is 0 Å². The van der Waals surface area contributed by atoms with Crippen LogP contribution in [0.1, 0.15) is 95.0 Å². The van der Waals surface area contributed by atoms with E-state index in [-0.39, 0.29) is 5.92 Å². The van der Waals surface area contributed by atoms with Gasteiger partial charge < -0.3 is 5.11 Å². The summed E-state index contributed by atoms with van der Waals surface area (Å²) in [6.45, 7) is 0. The van der Waals surface area contributed by atoms with Gasteiger partial charge in [0.25, 0.3) is 0 Å². The predicted molar refractivity (Wildman–Crippen MR) is 105 cm³/mol. The van der Waals surface area contributed by atoms with Crippen molar-refractivity contribution in [3.05, 3.63) is 29.3 Å². The maximum absolute atomic E-state index is 14.2. The van der Waals surface area contributed by atoms with Gasteiger partial charge in [-0.05, 0) is 86.2 Å². The van der Waals surface area contributed by atoms with Crippen molar-refractivity contribution in [1.29, 1.82) is 0 Å². The number of phenols is 1. The van der Waals surface area contributed by atoms with Gasteiger partial charge in [0.2, 0.25) is 5.82 Å². The van der Waals surface area contributed by atoms with Gasteiger partial charge in [-0.2, -0.15) is 4.39 Å². The molecule has 0 radical (unpaired) electrons. The third-order valence-electron chi connectivity index (χ3n) is 8.00. The molecule has 3 aliphatic rings. The Morgan fingerprint density at radius 2 is 1.26 bits per heavy atom. The van der Waals surface area contributed by atoms with Crippen molar-refractivity contribution < 1.29 is 13.9 Å². The summed E-state index contributed by atoms with van der Waals surface area (Å²) in [7, 11) is 0. The number of aromatic hydroxyl groups is 1. The molecule has 1 aromatic rings.